The second-order valence-corrected chi connectivity index (χ2v) is 8.57. The van der Waals surface area contributed by atoms with E-state index < -0.39 is 0 Å². The van der Waals surface area contributed by atoms with Gasteiger partial charge in [-0.2, -0.15) is 0 Å². The van der Waals surface area contributed by atoms with Crippen LogP contribution < -0.4 is 14.8 Å². The first kappa shape index (κ1) is 21.2. The van der Waals surface area contributed by atoms with Gasteiger partial charge in [-0.05, 0) is 56.2 Å². The van der Waals surface area contributed by atoms with Crippen LogP contribution in [0.2, 0.25) is 0 Å². The predicted molar refractivity (Wildman–Crippen MR) is 116 cm³/mol. The van der Waals surface area contributed by atoms with Gasteiger partial charge in [-0.1, -0.05) is 6.07 Å². The molecule has 0 bridgehead atoms. The Morgan fingerprint density at radius 2 is 2.03 bits per heavy atom. The fourth-order valence-corrected chi connectivity index (χ4v) is 4.06. The molecule has 1 saturated carbocycles. The summed E-state index contributed by atoms with van der Waals surface area (Å²) >= 11 is 0. The molecule has 30 heavy (non-hydrogen) atoms. The van der Waals surface area contributed by atoms with Crippen LogP contribution in [0.5, 0.6) is 11.5 Å². The van der Waals surface area contributed by atoms with Crippen LogP contribution in [0.15, 0.2) is 23.2 Å². The van der Waals surface area contributed by atoms with Crippen LogP contribution in [-0.4, -0.2) is 70.8 Å². The van der Waals surface area contributed by atoms with E-state index >= 15 is 0 Å². The van der Waals surface area contributed by atoms with Gasteiger partial charge in [-0.3, -0.25) is 4.99 Å². The van der Waals surface area contributed by atoms with Crippen molar-refractivity contribution in [1.82, 2.24) is 10.2 Å². The molecular formula is C23H35N3O4. The topological polar surface area (TPSA) is 64.6 Å². The van der Waals surface area contributed by atoms with E-state index in [9.17, 15) is 0 Å². The second-order valence-electron chi connectivity index (χ2n) is 8.57. The van der Waals surface area contributed by atoms with Crippen LogP contribution in [0, 0.1) is 5.92 Å². The molecule has 7 heteroatoms. The first-order chi connectivity index (χ1) is 14.7. The number of nitrogens with zero attached hydrogens (tertiary/aromatic N) is 2. The number of rotatable bonds is 9. The van der Waals surface area contributed by atoms with Crippen molar-refractivity contribution in [2.24, 2.45) is 10.9 Å². The molecule has 0 unspecified atom stereocenters. The number of ether oxygens (including phenoxy) is 4. The van der Waals surface area contributed by atoms with Crippen molar-refractivity contribution in [3.8, 4) is 11.5 Å². The maximum absolute atomic E-state index is 5.82. The van der Waals surface area contributed by atoms with Crippen molar-refractivity contribution in [2.45, 2.75) is 38.0 Å². The third kappa shape index (κ3) is 5.19. The van der Waals surface area contributed by atoms with Gasteiger partial charge in [0.15, 0.2) is 17.5 Å². The summed E-state index contributed by atoms with van der Waals surface area (Å²) in [6, 6.07) is 6.31. The fraction of sp³-hybridized carbons (Fsp3) is 0.696. The Morgan fingerprint density at radius 1 is 1.23 bits per heavy atom. The Morgan fingerprint density at radius 3 is 2.80 bits per heavy atom. The summed E-state index contributed by atoms with van der Waals surface area (Å²) in [4.78, 5) is 7.22. The minimum atomic E-state index is -0.0524. The summed E-state index contributed by atoms with van der Waals surface area (Å²) in [5, 5.41) is 3.44. The number of guanidine groups is 1. The van der Waals surface area contributed by atoms with Crippen LogP contribution >= 0.6 is 0 Å². The summed E-state index contributed by atoms with van der Waals surface area (Å²) in [5.41, 5.74) is 1.20. The molecule has 0 spiro atoms. The molecule has 0 radical (unpaired) electrons. The molecule has 0 amide bonds. The highest BCUT2D eigenvalue weighted by Gasteiger charge is 2.36. The molecule has 166 valence electrons. The highest BCUT2D eigenvalue weighted by Crippen LogP contribution is 2.41. The molecule has 1 N–H and O–H groups in total. The average molecular weight is 418 g/mol. The molecule has 1 aromatic carbocycles. The quantitative estimate of drug-likeness (QED) is 0.379. The number of hydrogen-bond acceptors (Lipinski definition) is 5. The molecular weight excluding hydrogens is 382 g/mol. The van der Waals surface area contributed by atoms with Crippen LogP contribution in [0.25, 0.3) is 0 Å². The standard InChI is InChI=1S/C23H35N3O4/c1-3-24-22(26(2)10-13-28-15-18-4-5-18)25-16-23(8-11-27-12-9-23)19-6-7-20-21(14-19)30-17-29-20/h6-7,14,18H,3-5,8-13,15-17H2,1-2H3,(H,24,25). The zero-order valence-corrected chi connectivity index (χ0v) is 18.3. The van der Waals surface area contributed by atoms with Gasteiger partial charge in [-0.15, -0.1) is 0 Å². The first-order valence-corrected chi connectivity index (χ1v) is 11.3. The number of hydrogen-bond donors (Lipinski definition) is 1. The van der Waals surface area contributed by atoms with E-state index in [1.807, 2.05) is 6.07 Å². The lowest BCUT2D eigenvalue weighted by atomic mass is 9.74. The van der Waals surface area contributed by atoms with Gasteiger partial charge in [0, 0.05) is 45.4 Å². The van der Waals surface area contributed by atoms with Crippen molar-refractivity contribution < 1.29 is 18.9 Å². The maximum atomic E-state index is 5.82. The second kappa shape index (κ2) is 9.88. The lowest BCUT2D eigenvalue weighted by Gasteiger charge is -2.37. The van der Waals surface area contributed by atoms with Gasteiger partial charge >= 0.3 is 0 Å². The Bertz CT molecular complexity index is 729. The summed E-state index contributed by atoms with van der Waals surface area (Å²) < 4.78 is 22.6. The summed E-state index contributed by atoms with van der Waals surface area (Å²) in [6.45, 7) is 7.93. The summed E-state index contributed by atoms with van der Waals surface area (Å²) in [5.74, 6) is 3.38. The highest BCUT2D eigenvalue weighted by molar-refractivity contribution is 5.79. The molecule has 1 aliphatic carbocycles. The van der Waals surface area contributed by atoms with Crippen LogP contribution in [0.1, 0.15) is 38.2 Å². The lowest BCUT2D eigenvalue weighted by Crippen LogP contribution is -2.43. The molecule has 7 nitrogen and oxygen atoms in total. The van der Waals surface area contributed by atoms with E-state index in [2.05, 4.69) is 36.3 Å². The van der Waals surface area contributed by atoms with Crippen LogP contribution in [0.4, 0.5) is 0 Å². The largest absolute Gasteiger partial charge is 0.454 e. The molecule has 2 fully saturated rings. The van der Waals surface area contributed by atoms with E-state index in [4.69, 9.17) is 23.9 Å². The third-order valence-corrected chi connectivity index (χ3v) is 6.28. The number of aliphatic imine (C=N–C) groups is 1. The molecule has 1 aromatic rings. The van der Waals surface area contributed by atoms with Gasteiger partial charge in [0.05, 0.1) is 13.2 Å². The van der Waals surface area contributed by atoms with Gasteiger partial charge in [0.25, 0.3) is 0 Å². The van der Waals surface area contributed by atoms with Gasteiger partial charge < -0.3 is 29.2 Å². The van der Waals surface area contributed by atoms with Crippen molar-refractivity contribution in [3.63, 3.8) is 0 Å². The summed E-state index contributed by atoms with van der Waals surface area (Å²) in [7, 11) is 2.08. The number of fused-ring (bicyclic) bond motifs is 1. The van der Waals surface area contributed by atoms with E-state index in [0.29, 0.717) is 13.3 Å². The lowest BCUT2D eigenvalue weighted by molar-refractivity contribution is 0.0529. The van der Waals surface area contributed by atoms with E-state index in [0.717, 1.165) is 75.7 Å². The maximum Gasteiger partial charge on any atom is 0.231 e. The summed E-state index contributed by atoms with van der Waals surface area (Å²) in [6.07, 6.45) is 4.55. The average Bonchev–Trinajstić information content (AvgIpc) is 3.48. The molecule has 2 aliphatic heterocycles. The normalized spacial score (nSPS) is 20.3. The SMILES string of the molecule is CCNC(=NCC1(c2ccc3c(c2)OCO3)CCOCC1)N(C)CCOCC1CC1. The van der Waals surface area contributed by atoms with E-state index in [1.165, 1.54) is 18.4 Å². The number of benzene rings is 1. The minimum absolute atomic E-state index is 0.0524. The number of nitrogens with one attached hydrogen (secondary N) is 1. The van der Waals surface area contributed by atoms with Crippen LogP contribution in [-0.2, 0) is 14.9 Å². The monoisotopic (exact) mass is 417 g/mol. The fourth-order valence-electron chi connectivity index (χ4n) is 4.06. The molecule has 0 aromatic heterocycles. The van der Waals surface area contributed by atoms with Crippen molar-refractivity contribution in [1.29, 1.82) is 0 Å². The Labute approximate surface area is 179 Å². The van der Waals surface area contributed by atoms with Crippen LogP contribution in [0.3, 0.4) is 0 Å². The van der Waals surface area contributed by atoms with Gasteiger partial charge in [0.1, 0.15) is 0 Å². The third-order valence-electron chi connectivity index (χ3n) is 6.28. The zero-order valence-electron chi connectivity index (χ0n) is 18.3. The molecule has 0 atom stereocenters. The molecule has 4 rings (SSSR count). The highest BCUT2D eigenvalue weighted by atomic mass is 16.7. The van der Waals surface area contributed by atoms with E-state index in [1.54, 1.807) is 0 Å². The Balaban J connectivity index is 1.45. The van der Waals surface area contributed by atoms with Crippen molar-refractivity contribution in [3.05, 3.63) is 23.8 Å². The number of likely N-dealkylation sites (N-methyl/N-ethyl adjacent to an activating group) is 1. The molecule has 3 aliphatic rings. The van der Waals surface area contributed by atoms with E-state index in [-0.39, 0.29) is 5.41 Å². The minimum Gasteiger partial charge on any atom is -0.454 e. The predicted octanol–water partition coefficient (Wildman–Crippen LogP) is 2.79. The molecule has 2 heterocycles. The zero-order chi connectivity index (χ0) is 20.8. The Hall–Kier alpha value is -1.99. The van der Waals surface area contributed by atoms with Crippen molar-refractivity contribution in [2.75, 3.05) is 59.9 Å². The van der Waals surface area contributed by atoms with Crippen molar-refractivity contribution >= 4 is 5.96 Å². The van der Waals surface area contributed by atoms with Gasteiger partial charge in [0.2, 0.25) is 6.79 Å². The Kier molecular flexibility index (Phi) is 7.00. The first-order valence-electron chi connectivity index (χ1n) is 11.3. The van der Waals surface area contributed by atoms with Gasteiger partial charge in [-0.25, -0.2) is 0 Å². The molecule has 1 saturated heterocycles. The smallest absolute Gasteiger partial charge is 0.231 e.